The predicted octanol–water partition coefficient (Wildman–Crippen LogP) is 3.08. The molecule has 0 unspecified atom stereocenters. The summed E-state index contributed by atoms with van der Waals surface area (Å²) in [4.78, 5) is 12.3. The molecule has 7 heteroatoms. The lowest BCUT2D eigenvalue weighted by molar-refractivity contribution is 0.0947. The maximum absolute atomic E-state index is 12.3. The molecule has 2 aromatic heterocycles. The van der Waals surface area contributed by atoms with Crippen molar-refractivity contribution in [2.75, 3.05) is 6.54 Å². The molecule has 0 aliphatic rings. The van der Waals surface area contributed by atoms with Gasteiger partial charge in [-0.25, -0.2) is 0 Å². The Balaban J connectivity index is 1.20. The zero-order valence-electron chi connectivity index (χ0n) is 16.2. The summed E-state index contributed by atoms with van der Waals surface area (Å²) in [5, 5.41) is 16.5. The lowest BCUT2D eigenvalue weighted by atomic mass is 10.1. The number of hydrogen-bond acceptors (Lipinski definition) is 4. The number of para-hydroxylation sites is 1. The lowest BCUT2D eigenvalue weighted by Gasteiger charge is -2.05. The van der Waals surface area contributed by atoms with Gasteiger partial charge in [0.2, 0.25) is 0 Å². The van der Waals surface area contributed by atoms with Crippen LogP contribution < -0.4 is 5.32 Å². The molecule has 0 aliphatic carbocycles. The second-order valence-corrected chi connectivity index (χ2v) is 6.99. The molecule has 4 rings (SSSR count). The van der Waals surface area contributed by atoms with Gasteiger partial charge in [-0.15, -0.1) is 5.10 Å². The molecule has 7 nitrogen and oxygen atoms in total. The van der Waals surface area contributed by atoms with Crippen LogP contribution in [0.5, 0.6) is 0 Å². The number of nitrogens with zero attached hydrogens (tertiary/aromatic N) is 5. The Bertz CT molecular complexity index is 1070. The molecule has 29 heavy (non-hydrogen) atoms. The molecule has 0 bridgehead atoms. The second-order valence-electron chi connectivity index (χ2n) is 6.99. The highest BCUT2D eigenvalue weighted by atomic mass is 16.2. The minimum atomic E-state index is -0.190. The first-order chi connectivity index (χ1) is 14.3. The summed E-state index contributed by atoms with van der Waals surface area (Å²) in [5.74, 6) is -0.190. The Morgan fingerprint density at radius 2 is 1.79 bits per heavy atom. The number of carbonyl (C=O) groups excluding carboxylic acids is 1. The summed E-state index contributed by atoms with van der Waals surface area (Å²) in [6.07, 6.45) is 6.30. The summed E-state index contributed by atoms with van der Waals surface area (Å²) in [6.45, 7) is 2.05. The highest BCUT2D eigenvalue weighted by Gasteiger charge is 2.10. The normalized spacial score (nSPS) is 11.0. The van der Waals surface area contributed by atoms with Gasteiger partial charge in [0.25, 0.3) is 5.91 Å². The van der Waals surface area contributed by atoms with Gasteiger partial charge in [0.05, 0.1) is 17.9 Å². The Morgan fingerprint density at radius 3 is 2.69 bits per heavy atom. The molecule has 4 aromatic rings. The number of aromatic nitrogens is 5. The third-order valence-electron chi connectivity index (χ3n) is 4.85. The van der Waals surface area contributed by atoms with Crippen molar-refractivity contribution in [1.29, 1.82) is 0 Å². The van der Waals surface area contributed by atoms with Crippen molar-refractivity contribution < 1.29 is 4.79 Å². The molecule has 0 spiro atoms. The summed E-state index contributed by atoms with van der Waals surface area (Å²) in [7, 11) is 0. The molecular weight excluding hydrogens is 364 g/mol. The SMILES string of the molecule is O=C(NCCCn1ncc2ccccc21)c1cn(CCCc2ccccc2)nn1. The van der Waals surface area contributed by atoms with E-state index in [-0.39, 0.29) is 5.91 Å². The van der Waals surface area contributed by atoms with Crippen molar-refractivity contribution >= 4 is 16.8 Å². The zero-order valence-corrected chi connectivity index (χ0v) is 16.2. The molecule has 0 fully saturated rings. The maximum atomic E-state index is 12.3. The van der Waals surface area contributed by atoms with Crippen molar-refractivity contribution in [3.8, 4) is 0 Å². The van der Waals surface area contributed by atoms with Crippen molar-refractivity contribution in [3.05, 3.63) is 78.2 Å². The molecule has 0 saturated carbocycles. The Morgan fingerprint density at radius 1 is 0.966 bits per heavy atom. The molecule has 0 atom stereocenters. The number of rotatable bonds is 9. The van der Waals surface area contributed by atoms with Crippen LogP contribution in [-0.2, 0) is 19.5 Å². The van der Waals surface area contributed by atoms with Crippen LogP contribution in [0.4, 0.5) is 0 Å². The number of hydrogen-bond donors (Lipinski definition) is 1. The summed E-state index contributed by atoms with van der Waals surface area (Å²) in [5.41, 5.74) is 2.77. The molecule has 0 aliphatic heterocycles. The van der Waals surface area contributed by atoms with Crippen LogP contribution in [0.3, 0.4) is 0 Å². The van der Waals surface area contributed by atoms with Crippen LogP contribution in [0.2, 0.25) is 0 Å². The first kappa shape index (κ1) is 18.9. The van der Waals surface area contributed by atoms with Gasteiger partial charge in [-0.1, -0.05) is 53.7 Å². The van der Waals surface area contributed by atoms with E-state index in [0.717, 1.165) is 43.3 Å². The van der Waals surface area contributed by atoms with Crippen molar-refractivity contribution in [1.82, 2.24) is 30.1 Å². The van der Waals surface area contributed by atoms with E-state index in [0.29, 0.717) is 12.2 Å². The smallest absolute Gasteiger partial charge is 0.273 e. The molecule has 2 aromatic carbocycles. The van der Waals surface area contributed by atoms with Crippen LogP contribution in [0, 0.1) is 0 Å². The minimum Gasteiger partial charge on any atom is -0.351 e. The van der Waals surface area contributed by atoms with Gasteiger partial charge in [-0.2, -0.15) is 5.10 Å². The number of nitrogens with one attached hydrogen (secondary N) is 1. The number of aryl methyl sites for hydroxylation is 3. The summed E-state index contributed by atoms with van der Waals surface area (Å²) < 4.78 is 3.69. The Labute approximate surface area is 169 Å². The highest BCUT2D eigenvalue weighted by Crippen LogP contribution is 2.12. The third-order valence-corrected chi connectivity index (χ3v) is 4.85. The molecule has 2 heterocycles. The third kappa shape index (κ3) is 4.87. The van der Waals surface area contributed by atoms with E-state index in [1.165, 1.54) is 5.56 Å². The van der Waals surface area contributed by atoms with Crippen LogP contribution in [0.1, 0.15) is 28.9 Å². The van der Waals surface area contributed by atoms with E-state index in [1.54, 1.807) is 10.9 Å². The number of benzene rings is 2. The zero-order chi connectivity index (χ0) is 19.9. The van der Waals surface area contributed by atoms with Crippen molar-refractivity contribution in [3.63, 3.8) is 0 Å². The van der Waals surface area contributed by atoms with E-state index in [9.17, 15) is 4.79 Å². The number of carbonyl (C=O) groups is 1. The van der Waals surface area contributed by atoms with Gasteiger partial charge < -0.3 is 5.32 Å². The molecule has 1 amide bonds. The monoisotopic (exact) mass is 388 g/mol. The van der Waals surface area contributed by atoms with Crippen LogP contribution in [0.15, 0.2) is 67.0 Å². The average Bonchev–Trinajstić information content (AvgIpc) is 3.39. The maximum Gasteiger partial charge on any atom is 0.273 e. The van der Waals surface area contributed by atoms with Crippen LogP contribution in [-0.4, -0.2) is 37.2 Å². The van der Waals surface area contributed by atoms with Crippen molar-refractivity contribution in [2.45, 2.75) is 32.4 Å². The largest absolute Gasteiger partial charge is 0.351 e. The van der Waals surface area contributed by atoms with Gasteiger partial charge in [-0.05, 0) is 30.9 Å². The molecular formula is C22H24N6O. The lowest BCUT2D eigenvalue weighted by Crippen LogP contribution is -2.25. The molecule has 148 valence electrons. The Hall–Kier alpha value is -3.48. The van der Waals surface area contributed by atoms with Crippen LogP contribution in [0.25, 0.3) is 10.9 Å². The first-order valence-electron chi connectivity index (χ1n) is 9.92. The van der Waals surface area contributed by atoms with Gasteiger partial charge in [0, 0.05) is 25.0 Å². The van der Waals surface area contributed by atoms with E-state index in [1.807, 2.05) is 47.3 Å². The fourth-order valence-electron chi connectivity index (χ4n) is 3.33. The topological polar surface area (TPSA) is 77.6 Å². The summed E-state index contributed by atoms with van der Waals surface area (Å²) >= 11 is 0. The van der Waals surface area contributed by atoms with Gasteiger partial charge in [0.15, 0.2) is 5.69 Å². The quantitative estimate of drug-likeness (QED) is 0.447. The highest BCUT2D eigenvalue weighted by molar-refractivity contribution is 5.91. The second kappa shape index (κ2) is 9.14. The van der Waals surface area contributed by atoms with Crippen molar-refractivity contribution in [2.24, 2.45) is 0 Å². The number of fused-ring (bicyclic) bond motifs is 1. The average molecular weight is 388 g/mol. The van der Waals surface area contributed by atoms with Gasteiger partial charge in [0.1, 0.15) is 0 Å². The minimum absolute atomic E-state index is 0.190. The standard InChI is InChI=1S/C22H24N6O/c29-22(23-13-7-15-28-21-12-5-4-11-19(21)16-24-28)20-17-27(26-25-20)14-6-10-18-8-2-1-3-9-18/h1-5,8-9,11-12,16-17H,6-7,10,13-15H2,(H,23,29). The Kier molecular flexibility index (Phi) is 5.95. The molecule has 1 N–H and O–H groups in total. The summed E-state index contributed by atoms with van der Waals surface area (Å²) in [6, 6.07) is 18.4. The predicted molar refractivity (Wildman–Crippen MR) is 111 cm³/mol. The van der Waals surface area contributed by atoms with E-state index >= 15 is 0 Å². The van der Waals surface area contributed by atoms with Gasteiger partial charge in [-0.3, -0.25) is 14.2 Å². The molecule has 0 radical (unpaired) electrons. The van der Waals surface area contributed by atoms with E-state index < -0.39 is 0 Å². The van der Waals surface area contributed by atoms with E-state index in [2.05, 4.69) is 38.9 Å². The molecule has 0 saturated heterocycles. The van der Waals surface area contributed by atoms with Gasteiger partial charge >= 0.3 is 0 Å². The van der Waals surface area contributed by atoms with Crippen LogP contribution >= 0.6 is 0 Å². The fraction of sp³-hybridized carbons (Fsp3) is 0.273. The van der Waals surface area contributed by atoms with E-state index in [4.69, 9.17) is 0 Å². The number of amides is 1. The fourth-order valence-corrected chi connectivity index (χ4v) is 3.33. The first-order valence-corrected chi connectivity index (χ1v) is 9.92.